The fraction of sp³-hybridized carbons (Fsp3) is 0.750. The highest BCUT2D eigenvalue weighted by Gasteiger charge is 2.45. The first kappa shape index (κ1) is 16.0. The van der Waals surface area contributed by atoms with Crippen LogP contribution >= 0.6 is 0 Å². The number of hydrogen-bond donors (Lipinski definition) is 0. The van der Waals surface area contributed by atoms with Gasteiger partial charge in [-0.2, -0.15) is 0 Å². The summed E-state index contributed by atoms with van der Waals surface area (Å²) in [6.45, 7) is 15.1. The summed E-state index contributed by atoms with van der Waals surface area (Å²) in [7, 11) is -1.96. The van der Waals surface area contributed by atoms with Crippen LogP contribution in [0.3, 0.4) is 0 Å². The molecule has 0 aromatic carbocycles. The van der Waals surface area contributed by atoms with Crippen LogP contribution in [0.5, 0.6) is 0 Å². The van der Waals surface area contributed by atoms with E-state index >= 15 is 0 Å². The standard InChI is InChI=1S/C16H32Si2/c1-7-9-11-15-13-17(3,4)18(5,6)14-16(15)12-10-8-2/h11-12H,7-10,13-14H2,1-6H3/b15-11-,16-12+. The molecule has 1 rings (SSSR count). The van der Waals surface area contributed by atoms with Crippen molar-refractivity contribution >= 4 is 15.2 Å². The van der Waals surface area contributed by atoms with E-state index in [-0.39, 0.29) is 0 Å². The Bertz CT molecular complexity index is 301. The van der Waals surface area contributed by atoms with Crippen LogP contribution in [-0.2, 0) is 0 Å². The normalized spacial score (nSPS) is 26.8. The number of unbranched alkanes of at least 4 members (excludes halogenated alkanes) is 2. The average molecular weight is 281 g/mol. The largest absolute Gasteiger partial charge is 0.0814 e. The van der Waals surface area contributed by atoms with Gasteiger partial charge in [-0.25, -0.2) is 0 Å². The first-order valence-electron chi connectivity index (χ1n) is 7.72. The molecule has 0 radical (unpaired) electrons. The molecule has 0 bridgehead atoms. The lowest BCUT2D eigenvalue weighted by Crippen LogP contribution is -2.57. The predicted molar refractivity (Wildman–Crippen MR) is 90.6 cm³/mol. The molecule has 1 fully saturated rings. The molecule has 0 aromatic heterocycles. The van der Waals surface area contributed by atoms with Gasteiger partial charge < -0.3 is 0 Å². The molecule has 1 aliphatic heterocycles. The summed E-state index contributed by atoms with van der Waals surface area (Å²) in [5.74, 6) is 0. The second-order valence-corrected chi connectivity index (χ2v) is 23.5. The van der Waals surface area contributed by atoms with Crippen molar-refractivity contribution < 1.29 is 0 Å². The Morgan fingerprint density at radius 2 is 1.11 bits per heavy atom. The van der Waals surface area contributed by atoms with Crippen molar-refractivity contribution in [2.75, 3.05) is 0 Å². The first-order valence-corrected chi connectivity index (χ1v) is 15.1. The molecule has 0 N–H and O–H groups in total. The van der Waals surface area contributed by atoms with E-state index in [1.807, 2.05) is 0 Å². The Labute approximate surface area is 116 Å². The molecule has 104 valence electrons. The molecule has 0 aromatic rings. The van der Waals surface area contributed by atoms with Gasteiger partial charge in [0.15, 0.2) is 0 Å². The fourth-order valence-corrected chi connectivity index (χ4v) is 10.3. The van der Waals surface area contributed by atoms with Crippen LogP contribution in [0.25, 0.3) is 0 Å². The Morgan fingerprint density at radius 3 is 1.39 bits per heavy atom. The Kier molecular flexibility index (Phi) is 5.66. The lowest BCUT2D eigenvalue weighted by Gasteiger charge is -2.45. The quantitative estimate of drug-likeness (QED) is 0.558. The molecule has 1 saturated heterocycles. The molecule has 0 spiro atoms. The third-order valence-electron chi connectivity index (χ3n) is 4.87. The number of allylic oxidation sites excluding steroid dienone is 4. The monoisotopic (exact) mass is 280 g/mol. The molecule has 18 heavy (non-hydrogen) atoms. The van der Waals surface area contributed by atoms with Crippen molar-refractivity contribution in [2.24, 2.45) is 0 Å². The molecule has 1 aliphatic rings. The summed E-state index contributed by atoms with van der Waals surface area (Å²) < 4.78 is 0. The average Bonchev–Trinajstić information content (AvgIpc) is 2.28. The maximum Gasteiger partial charge on any atom is 0.0460 e. The highest BCUT2D eigenvalue weighted by Crippen LogP contribution is 2.42. The third-order valence-corrected chi connectivity index (χ3v) is 23.1. The van der Waals surface area contributed by atoms with Gasteiger partial charge in [0.2, 0.25) is 0 Å². The van der Waals surface area contributed by atoms with E-state index in [4.69, 9.17) is 0 Å². The van der Waals surface area contributed by atoms with Crippen molar-refractivity contribution in [2.45, 2.75) is 77.8 Å². The van der Waals surface area contributed by atoms with Crippen LogP contribution < -0.4 is 0 Å². The van der Waals surface area contributed by atoms with Crippen molar-refractivity contribution in [3.05, 3.63) is 23.3 Å². The van der Waals surface area contributed by atoms with Gasteiger partial charge in [-0.05, 0) is 24.9 Å². The second-order valence-electron chi connectivity index (χ2n) is 7.16. The van der Waals surface area contributed by atoms with Gasteiger partial charge >= 0.3 is 0 Å². The van der Waals surface area contributed by atoms with E-state index < -0.39 is 15.2 Å². The number of hydrogen-bond acceptors (Lipinski definition) is 0. The second kappa shape index (κ2) is 6.38. The van der Waals surface area contributed by atoms with Gasteiger partial charge in [-0.15, -0.1) is 0 Å². The van der Waals surface area contributed by atoms with Crippen LogP contribution in [0.1, 0.15) is 39.5 Å². The van der Waals surface area contributed by atoms with E-state index in [1.54, 1.807) is 11.1 Å². The molecule has 2 heteroatoms. The Morgan fingerprint density at radius 1 is 0.778 bits per heavy atom. The Hall–Kier alpha value is -0.0862. The molecule has 0 aliphatic carbocycles. The summed E-state index contributed by atoms with van der Waals surface area (Å²) in [5.41, 5.74) is 3.46. The zero-order valence-corrected chi connectivity index (χ0v) is 15.4. The topological polar surface area (TPSA) is 0 Å². The van der Waals surface area contributed by atoms with Crippen LogP contribution in [0, 0.1) is 0 Å². The van der Waals surface area contributed by atoms with Crippen LogP contribution in [0.2, 0.25) is 38.3 Å². The molecule has 0 unspecified atom stereocenters. The van der Waals surface area contributed by atoms with Crippen molar-refractivity contribution in [1.82, 2.24) is 0 Å². The van der Waals surface area contributed by atoms with Crippen LogP contribution in [-0.4, -0.2) is 15.2 Å². The zero-order chi connectivity index (χ0) is 13.8. The lowest BCUT2D eigenvalue weighted by molar-refractivity contribution is 0.933. The first-order chi connectivity index (χ1) is 8.34. The Balaban J connectivity index is 2.99. The maximum absolute atomic E-state index is 2.63. The van der Waals surface area contributed by atoms with Gasteiger partial charge in [0.25, 0.3) is 0 Å². The van der Waals surface area contributed by atoms with Gasteiger partial charge in [0.1, 0.15) is 0 Å². The van der Waals surface area contributed by atoms with Crippen molar-refractivity contribution in [1.29, 1.82) is 0 Å². The van der Waals surface area contributed by atoms with Crippen LogP contribution in [0.4, 0.5) is 0 Å². The smallest absolute Gasteiger partial charge is 0.0460 e. The van der Waals surface area contributed by atoms with Gasteiger partial charge in [-0.3, -0.25) is 0 Å². The van der Waals surface area contributed by atoms with Gasteiger partial charge in [0.05, 0.1) is 0 Å². The molecule has 0 saturated carbocycles. The fourth-order valence-electron chi connectivity index (χ4n) is 2.70. The van der Waals surface area contributed by atoms with E-state index in [9.17, 15) is 0 Å². The van der Waals surface area contributed by atoms with E-state index in [0.29, 0.717) is 0 Å². The number of rotatable bonds is 4. The maximum atomic E-state index is 2.63. The molecule has 0 amide bonds. The van der Waals surface area contributed by atoms with Gasteiger partial charge in [0, 0.05) is 15.2 Å². The minimum absolute atomic E-state index is 0.982. The van der Waals surface area contributed by atoms with Crippen molar-refractivity contribution in [3.8, 4) is 0 Å². The molecular weight excluding hydrogens is 248 g/mol. The van der Waals surface area contributed by atoms with Crippen LogP contribution in [0.15, 0.2) is 23.3 Å². The summed E-state index contributed by atoms with van der Waals surface area (Å²) in [6.07, 6.45) is 10.2. The molecule has 0 atom stereocenters. The summed E-state index contributed by atoms with van der Waals surface area (Å²) in [5, 5.41) is 0. The highest BCUT2D eigenvalue weighted by atomic mass is 29.3. The summed E-state index contributed by atoms with van der Waals surface area (Å²) in [6, 6.07) is 2.89. The minimum atomic E-state index is -0.982. The zero-order valence-electron chi connectivity index (χ0n) is 13.4. The van der Waals surface area contributed by atoms with Gasteiger partial charge in [-0.1, -0.05) is 76.2 Å². The molecule has 0 nitrogen and oxygen atoms in total. The lowest BCUT2D eigenvalue weighted by atomic mass is 10.1. The highest BCUT2D eigenvalue weighted by molar-refractivity contribution is 7.41. The third kappa shape index (κ3) is 3.70. The van der Waals surface area contributed by atoms with Crippen molar-refractivity contribution in [3.63, 3.8) is 0 Å². The molecular formula is C16H32Si2. The summed E-state index contributed by atoms with van der Waals surface area (Å²) >= 11 is 0. The van der Waals surface area contributed by atoms with E-state index in [1.165, 1.54) is 37.8 Å². The summed E-state index contributed by atoms with van der Waals surface area (Å²) in [4.78, 5) is 0. The van der Waals surface area contributed by atoms with E-state index in [2.05, 4.69) is 52.2 Å². The van der Waals surface area contributed by atoms with E-state index in [0.717, 1.165) is 0 Å². The SMILES string of the molecule is CCC/C=C1\C[Si](C)(C)[Si](C)(C)C\C1=C\CCC. The predicted octanol–water partition coefficient (Wildman–Crippen LogP) is 5.95. The minimum Gasteiger partial charge on any atom is -0.0814 e. The molecule has 1 heterocycles.